The maximum Gasteiger partial charge on any atom is 0.234 e. The molecule has 1 N–H and O–H groups in total. The highest BCUT2D eigenvalue weighted by molar-refractivity contribution is 7.99. The molecule has 3 heterocycles. The third-order valence-corrected chi connectivity index (χ3v) is 6.73. The third-order valence-electron chi connectivity index (χ3n) is 4.90. The molecule has 1 unspecified atom stereocenters. The molecule has 1 fully saturated rings. The minimum atomic E-state index is -0.0891. The Bertz CT molecular complexity index is 1010. The summed E-state index contributed by atoms with van der Waals surface area (Å²) in [5, 5.41) is 14.6. The molecule has 9 heteroatoms. The summed E-state index contributed by atoms with van der Waals surface area (Å²) < 4.78 is 13.4. The minimum absolute atomic E-state index is 0.0891. The Hall–Kier alpha value is -2.36. The number of ether oxygens (including phenoxy) is 2. The van der Waals surface area contributed by atoms with Crippen molar-refractivity contribution in [1.82, 2.24) is 14.8 Å². The van der Waals surface area contributed by atoms with Crippen molar-refractivity contribution < 1.29 is 14.3 Å². The van der Waals surface area contributed by atoms with Crippen molar-refractivity contribution in [3.63, 3.8) is 0 Å². The van der Waals surface area contributed by atoms with Gasteiger partial charge in [-0.3, -0.25) is 9.36 Å². The zero-order valence-corrected chi connectivity index (χ0v) is 19.3. The number of benzene rings is 1. The summed E-state index contributed by atoms with van der Waals surface area (Å²) in [5.41, 5.74) is 1.79. The summed E-state index contributed by atoms with van der Waals surface area (Å²) in [7, 11) is 0. The molecule has 7 nitrogen and oxygen atoms in total. The van der Waals surface area contributed by atoms with Crippen LogP contribution in [-0.4, -0.2) is 45.7 Å². The van der Waals surface area contributed by atoms with Crippen LogP contribution in [0.2, 0.25) is 0 Å². The van der Waals surface area contributed by atoms with Gasteiger partial charge in [-0.1, -0.05) is 11.8 Å². The van der Waals surface area contributed by atoms with Gasteiger partial charge >= 0.3 is 0 Å². The lowest BCUT2D eigenvalue weighted by molar-refractivity contribution is -0.113. The molecule has 0 radical (unpaired) electrons. The van der Waals surface area contributed by atoms with Gasteiger partial charge in [0.1, 0.15) is 5.75 Å². The zero-order chi connectivity index (χ0) is 21.6. The first-order chi connectivity index (χ1) is 15.1. The normalized spacial score (nSPS) is 15.9. The molecular weight excluding hydrogens is 432 g/mol. The lowest BCUT2D eigenvalue weighted by atomic mass is 10.2. The predicted molar refractivity (Wildman–Crippen MR) is 124 cm³/mol. The number of carbonyl (C=O) groups excluding carboxylic acids is 1. The number of thioether (sulfide) groups is 1. The highest BCUT2D eigenvalue weighted by Gasteiger charge is 2.22. The summed E-state index contributed by atoms with van der Waals surface area (Å²) in [6.45, 7) is 6.12. The quantitative estimate of drug-likeness (QED) is 0.471. The van der Waals surface area contributed by atoms with Crippen LogP contribution in [-0.2, 0) is 16.1 Å². The van der Waals surface area contributed by atoms with Crippen LogP contribution < -0.4 is 10.1 Å². The van der Waals surface area contributed by atoms with Crippen LogP contribution in [0, 0.1) is 6.92 Å². The van der Waals surface area contributed by atoms with Gasteiger partial charge in [0.05, 0.1) is 25.0 Å². The standard InChI is InChI=1S/C22H26N4O3S2/c1-3-28-18-8-6-17(7-9-18)23-20(27)14-31-22-25-24-21(16-11-15(2)30-13-16)26(22)12-19-5-4-10-29-19/h6-9,11,13,19H,3-5,10,12,14H2,1-2H3,(H,23,27). The van der Waals surface area contributed by atoms with Crippen molar-refractivity contribution in [2.24, 2.45) is 0 Å². The number of hydrogen-bond acceptors (Lipinski definition) is 7. The van der Waals surface area contributed by atoms with Gasteiger partial charge in [-0.2, -0.15) is 0 Å². The summed E-state index contributed by atoms with van der Waals surface area (Å²) in [6, 6.07) is 9.49. The smallest absolute Gasteiger partial charge is 0.234 e. The van der Waals surface area contributed by atoms with E-state index in [9.17, 15) is 4.79 Å². The second-order valence-electron chi connectivity index (χ2n) is 7.29. The number of aromatic nitrogens is 3. The molecule has 1 amide bonds. The molecule has 0 bridgehead atoms. The fourth-order valence-electron chi connectivity index (χ4n) is 3.45. The number of nitrogens with zero attached hydrogens (tertiary/aromatic N) is 3. The average molecular weight is 459 g/mol. The molecule has 0 aliphatic carbocycles. The maximum atomic E-state index is 12.5. The lowest BCUT2D eigenvalue weighted by Crippen LogP contribution is -2.18. The van der Waals surface area contributed by atoms with E-state index >= 15 is 0 Å². The summed E-state index contributed by atoms with van der Waals surface area (Å²) in [5.74, 6) is 1.77. The van der Waals surface area contributed by atoms with E-state index in [0.717, 1.165) is 47.4 Å². The molecule has 164 valence electrons. The molecule has 2 aromatic heterocycles. The van der Waals surface area contributed by atoms with E-state index in [2.05, 4.69) is 38.5 Å². The highest BCUT2D eigenvalue weighted by atomic mass is 32.2. The van der Waals surface area contributed by atoms with Gasteiger partial charge in [-0.15, -0.1) is 21.5 Å². The van der Waals surface area contributed by atoms with Crippen LogP contribution in [0.3, 0.4) is 0 Å². The maximum absolute atomic E-state index is 12.5. The van der Waals surface area contributed by atoms with E-state index in [1.54, 1.807) is 11.3 Å². The molecule has 3 aromatic rings. The molecule has 1 atom stereocenters. The fourth-order valence-corrected chi connectivity index (χ4v) is 4.88. The number of carbonyl (C=O) groups is 1. The van der Waals surface area contributed by atoms with E-state index in [1.807, 2.05) is 31.2 Å². The summed E-state index contributed by atoms with van der Waals surface area (Å²) in [4.78, 5) is 13.7. The second-order valence-corrected chi connectivity index (χ2v) is 9.35. The Labute approximate surface area is 190 Å². The van der Waals surface area contributed by atoms with Gasteiger partial charge < -0.3 is 14.8 Å². The minimum Gasteiger partial charge on any atom is -0.494 e. The SMILES string of the molecule is CCOc1ccc(NC(=O)CSc2nnc(-c3csc(C)c3)n2CC2CCCO2)cc1. The van der Waals surface area contributed by atoms with E-state index in [0.29, 0.717) is 13.2 Å². The van der Waals surface area contributed by atoms with Crippen molar-refractivity contribution in [2.45, 2.75) is 44.5 Å². The molecule has 4 rings (SSSR count). The van der Waals surface area contributed by atoms with Crippen LogP contribution >= 0.6 is 23.1 Å². The van der Waals surface area contributed by atoms with E-state index in [1.165, 1.54) is 16.6 Å². The topological polar surface area (TPSA) is 78.3 Å². The number of thiophene rings is 1. The first-order valence-corrected chi connectivity index (χ1v) is 12.2. The fraction of sp³-hybridized carbons (Fsp3) is 0.409. The number of nitrogens with one attached hydrogen (secondary N) is 1. The average Bonchev–Trinajstić information content (AvgIpc) is 3.50. The summed E-state index contributed by atoms with van der Waals surface area (Å²) >= 11 is 3.08. The van der Waals surface area contributed by atoms with Crippen molar-refractivity contribution in [3.8, 4) is 17.1 Å². The Kier molecular flexibility index (Phi) is 7.26. The number of aryl methyl sites for hydroxylation is 1. The van der Waals surface area contributed by atoms with E-state index < -0.39 is 0 Å². The number of rotatable bonds is 9. The predicted octanol–water partition coefficient (Wildman–Crippen LogP) is 4.62. The van der Waals surface area contributed by atoms with Crippen LogP contribution in [0.25, 0.3) is 11.4 Å². The molecule has 1 aliphatic heterocycles. The monoisotopic (exact) mass is 458 g/mol. The van der Waals surface area contributed by atoms with Gasteiger partial charge in [0.25, 0.3) is 0 Å². The van der Waals surface area contributed by atoms with Gasteiger partial charge in [-0.25, -0.2) is 0 Å². The number of anilines is 1. The lowest BCUT2D eigenvalue weighted by Gasteiger charge is -2.14. The van der Waals surface area contributed by atoms with Gasteiger partial charge in [0.15, 0.2) is 11.0 Å². The molecule has 1 aliphatic rings. The summed E-state index contributed by atoms with van der Waals surface area (Å²) in [6.07, 6.45) is 2.27. The highest BCUT2D eigenvalue weighted by Crippen LogP contribution is 2.29. The largest absolute Gasteiger partial charge is 0.494 e. The van der Waals surface area contributed by atoms with Crippen molar-refractivity contribution in [3.05, 3.63) is 40.6 Å². The van der Waals surface area contributed by atoms with Gasteiger partial charge in [0.2, 0.25) is 5.91 Å². The van der Waals surface area contributed by atoms with E-state index in [-0.39, 0.29) is 17.8 Å². The van der Waals surface area contributed by atoms with Crippen LogP contribution in [0.15, 0.2) is 40.9 Å². The first-order valence-electron chi connectivity index (χ1n) is 10.4. The van der Waals surface area contributed by atoms with Crippen LogP contribution in [0.5, 0.6) is 5.75 Å². The van der Waals surface area contributed by atoms with Crippen molar-refractivity contribution in [1.29, 1.82) is 0 Å². The Balaban J connectivity index is 1.43. The van der Waals surface area contributed by atoms with Crippen molar-refractivity contribution in [2.75, 3.05) is 24.3 Å². The Morgan fingerprint density at radius 1 is 1.35 bits per heavy atom. The molecule has 31 heavy (non-hydrogen) atoms. The van der Waals surface area contributed by atoms with Gasteiger partial charge in [-0.05, 0) is 57.0 Å². The van der Waals surface area contributed by atoms with Crippen LogP contribution in [0.4, 0.5) is 5.69 Å². The Morgan fingerprint density at radius 2 is 2.19 bits per heavy atom. The first kappa shape index (κ1) is 21.9. The zero-order valence-electron chi connectivity index (χ0n) is 17.7. The van der Waals surface area contributed by atoms with Gasteiger partial charge in [0, 0.05) is 28.1 Å². The second kappa shape index (κ2) is 10.3. The van der Waals surface area contributed by atoms with Crippen molar-refractivity contribution >= 4 is 34.7 Å². The molecule has 0 saturated carbocycles. The Morgan fingerprint density at radius 3 is 2.87 bits per heavy atom. The molecule has 0 spiro atoms. The number of hydrogen-bond donors (Lipinski definition) is 1. The van der Waals surface area contributed by atoms with E-state index in [4.69, 9.17) is 9.47 Å². The molecular formula is C22H26N4O3S2. The molecule has 1 saturated heterocycles. The number of amides is 1. The third kappa shape index (κ3) is 5.66. The van der Waals surface area contributed by atoms with Crippen LogP contribution in [0.1, 0.15) is 24.6 Å². The molecule has 1 aromatic carbocycles.